The summed E-state index contributed by atoms with van der Waals surface area (Å²) in [5.74, 6) is 0. The molecule has 0 bridgehead atoms. The maximum Gasteiger partial charge on any atom is 0.0427 e. The fraction of sp³-hybridized carbons (Fsp3) is 0.571. The van der Waals surface area contributed by atoms with Crippen LogP contribution in [0.4, 0.5) is 0 Å². The molecule has 1 rings (SSSR count). The third-order valence-corrected chi connectivity index (χ3v) is 1.61. The van der Waals surface area contributed by atoms with E-state index >= 15 is 0 Å². The SMILES string of the molecule is CN[C@@H](C)C1=NC=CC1. The van der Waals surface area contributed by atoms with Gasteiger partial charge < -0.3 is 5.32 Å². The van der Waals surface area contributed by atoms with Gasteiger partial charge in [0, 0.05) is 24.4 Å². The molecule has 2 nitrogen and oxygen atoms in total. The lowest BCUT2D eigenvalue weighted by Crippen LogP contribution is -2.29. The molecule has 1 aliphatic heterocycles. The van der Waals surface area contributed by atoms with Crippen molar-refractivity contribution in [1.29, 1.82) is 0 Å². The minimum Gasteiger partial charge on any atom is -0.312 e. The molecule has 0 saturated carbocycles. The summed E-state index contributed by atoms with van der Waals surface area (Å²) in [6.45, 7) is 2.12. The zero-order chi connectivity index (χ0) is 6.69. The van der Waals surface area contributed by atoms with Gasteiger partial charge in [0.15, 0.2) is 0 Å². The fourth-order valence-electron chi connectivity index (χ4n) is 0.830. The number of aliphatic imine (C=N–C) groups is 1. The van der Waals surface area contributed by atoms with E-state index in [2.05, 4.69) is 23.3 Å². The van der Waals surface area contributed by atoms with Crippen LogP contribution in [0.2, 0.25) is 0 Å². The van der Waals surface area contributed by atoms with Crippen LogP contribution in [-0.2, 0) is 0 Å². The van der Waals surface area contributed by atoms with Crippen molar-refractivity contribution in [3.8, 4) is 0 Å². The number of allylic oxidation sites excluding steroid dienone is 1. The molecule has 0 fully saturated rings. The molecule has 1 aliphatic rings. The van der Waals surface area contributed by atoms with E-state index in [-0.39, 0.29) is 0 Å². The summed E-state index contributed by atoms with van der Waals surface area (Å²) < 4.78 is 0. The molecule has 2 heteroatoms. The van der Waals surface area contributed by atoms with E-state index < -0.39 is 0 Å². The average Bonchev–Trinajstić information content (AvgIpc) is 2.37. The van der Waals surface area contributed by atoms with E-state index in [1.54, 1.807) is 0 Å². The van der Waals surface area contributed by atoms with E-state index in [1.807, 2.05) is 13.2 Å². The number of hydrogen-bond donors (Lipinski definition) is 1. The monoisotopic (exact) mass is 124 g/mol. The maximum atomic E-state index is 4.18. The molecule has 0 amide bonds. The molecule has 0 spiro atoms. The van der Waals surface area contributed by atoms with Crippen LogP contribution in [0.5, 0.6) is 0 Å². The van der Waals surface area contributed by atoms with Gasteiger partial charge in [-0.15, -0.1) is 0 Å². The molecular weight excluding hydrogens is 112 g/mol. The molecule has 1 heterocycles. The van der Waals surface area contributed by atoms with Crippen LogP contribution < -0.4 is 5.32 Å². The van der Waals surface area contributed by atoms with Crippen molar-refractivity contribution in [3.05, 3.63) is 12.3 Å². The Kier molecular flexibility index (Phi) is 2.01. The van der Waals surface area contributed by atoms with Gasteiger partial charge >= 0.3 is 0 Å². The molecule has 0 aromatic rings. The zero-order valence-corrected chi connectivity index (χ0v) is 5.89. The van der Waals surface area contributed by atoms with E-state index in [1.165, 1.54) is 5.71 Å². The lowest BCUT2D eigenvalue weighted by atomic mass is 10.1. The van der Waals surface area contributed by atoms with Gasteiger partial charge in [-0.2, -0.15) is 0 Å². The lowest BCUT2D eigenvalue weighted by Gasteiger charge is -2.07. The standard InChI is InChI=1S/C7H12N2/c1-6(8-2)7-4-3-5-9-7/h3,5-6,8H,4H2,1-2H3/t6-/m0/s1. The van der Waals surface area contributed by atoms with Crippen molar-refractivity contribution in [2.75, 3.05) is 7.05 Å². The third-order valence-electron chi connectivity index (χ3n) is 1.61. The Balaban J connectivity index is 2.45. The summed E-state index contributed by atoms with van der Waals surface area (Å²) in [7, 11) is 1.95. The Bertz CT molecular complexity index is 147. The summed E-state index contributed by atoms with van der Waals surface area (Å²) >= 11 is 0. The van der Waals surface area contributed by atoms with E-state index in [0.717, 1.165) is 6.42 Å². The van der Waals surface area contributed by atoms with Crippen LogP contribution >= 0.6 is 0 Å². The number of nitrogens with zero attached hydrogens (tertiary/aromatic N) is 1. The summed E-state index contributed by atoms with van der Waals surface area (Å²) in [4.78, 5) is 4.18. The number of nitrogens with one attached hydrogen (secondary N) is 1. The van der Waals surface area contributed by atoms with Crippen LogP contribution in [-0.4, -0.2) is 18.8 Å². The van der Waals surface area contributed by atoms with Gasteiger partial charge in [-0.25, -0.2) is 0 Å². The molecule has 0 saturated heterocycles. The van der Waals surface area contributed by atoms with E-state index in [9.17, 15) is 0 Å². The van der Waals surface area contributed by atoms with Crippen LogP contribution in [0.3, 0.4) is 0 Å². The highest BCUT2D eigenvalue weighted by atomic mass is 14.9. The minimum absolute atomic E-state index is 0.431. The van der Waals surface area contributed by atoms with Crippen LogP contribution in [0.1, 0.15) is 13.3 Å². The zero-order valence-electron chi connectivity index (χ0n) is 5.89. The topological polar surface area (TPSA) is 24.4 Å². The molecule has 50 valence electrons. The van der Waals surface area contributed by atoms with Gasteiger partial charge in [-0.05, 0) is 14.0 Å². The Morgan fingerprint density at radius 1 is 1.78 bits per heavy atom. The normalized spacial score (nSPS) is 20.0. The van der Waals surface area contributed by atoms with Gasteiger partial charge in [0.2, 0.25) is 0 Å². The van der Waals surface area contributed by atoms with Gasteiger partial charge in [0.1, 0.15) is 0 Å². The first-order valence-electron chi connectivity index (χ1n) is 3.23. The minimum atomic E-state index is 0.431. The Morgan fingerprint density at radius 3 is 3.00 bits per heavy atom. The Hall–Kier alpha value is -0.630. The quantitative estimate of drug-likeness (QED) is 0.582. The van der Waals surface area contributed by atoms with Crippen molar-refractivity contribution in [1.82, 2.24) is 5.32 Å². The maximum absolute atomic E-state index is 4.18. The highest BCUT2D eigenvalue weighted by molar-refractivity contribution is 5.92. The van der Waals surface area contributed by atoms with Crippen molar-refractivity contribution >= 4 is 5.71 Å². The lowest BCUT2D eigenvalue weighted by molar-refractivity contribution is 0.756. The largest absolute Gasteiger partial charge is 0.312 e. The van der Waals surface area contributed by atoms with Gasteiger partial charge in [0.05, 0.1) is 0 Å². The predicted molar refractivity (Wildman–Crippen MR) is 39.7 cm³/mol. The Morgan fingerprint density at radius 2 is 2.56 bits per heavy atom. The van der Waals surface area contributed by atoms with Crippen molar-refractivity contribution in [2.24, 2.45) is 4.99 Å². The summed E-state index contributed by atoms with van der Waals surface area (Å²) in [5.41, 5.74) is 1.23. The molecule has 0 aliphatic carbocycles. The van der Waals surface area contributed by atoms with Crippen molar-refractivity contribution in [3.63, 3.8) is 0 Å². The third kappa shape index (κ3) is 1.39. The van der Waals surface area contributed by atoms with Gasteiger partial charge in [-0.1, -0.05) is 6.08 Å². The van der Waals surface area contributed by atoms with Crippen LogP contribution in [0.15, 0.2) is 17.3 Å². The molecule has 1 N–H and O–H groups in total. The molecule has 0 radical (unpaired) electrons. The summed E-state index contributed by atoms with van der Waals surface area (Å²) in [6.07, 6.45) is 4.95. The second-order valence-electron chi connectivity index (χ2n) is 2.22. The van der Waals surface area contributed by atoms with Crippen molar-refractivity contribution < 1.29 is 0 Å². The molecular formula is C7H12N2. The first-order chi connectivity index (χ1) is 4.34. The average molecular weight is 124 g/mol. The van der Waals surface area contributed by atoms with E-state index in [4.69, 9.17) is 0 Å². The highest BCUT2D eigenvalue weighted by Crippen LogP contribution is 2.02. The summed E-state index contributed by atoms with van der Waals surface area (Å²) in [5, 5.41) is 3.14. The van der Waals surface area contributed by atoms with Crippen LogP contribution in [0.25, 0.3) is 0 Å². The Labute approximate surface area is 55.7 Å². The molecule has 0 aromatic heterocycles. The summed E-state index contributed by atoms with van der Waals surface area (Å²) in [6, 6.07) is 0.431. The highest BCUT2D eigenvalue weighted by Gasteiger charge is 2.07. The van der Waals surface area contributed by atoms with Crippen molar-refractivity contribution in [2.45, 2.75) is 19.4 Å². The molecule has 1 atom stereocenters. The first-order valence-corrected chi connectivity index (χ1v) is 3.23. The number of hydrogen-bond acceptors (Lipinski definition) is 2. The van der Waals surface area contributed by atoms with Gasteiger partial charge in [0.25, 0.3) is 0 Å². The first kappa shape index (κ1) is 6.49. The smallest absolute Gasteiger partial charge is 0.0427 e. The predicted octanol–water partition coefficient (Wildman–Crippen LogP) is 0.953. The molecule has 0 aromatic carbocycles. The van der Waals surface area contributed by atoms with Gasteiger partial charge in [-0.3, -0.25) is 4.99 Å². The molecule has 0 unspecified atom stereocenters. The van der Waals surface area contributed by atoms with E-state index in [0.29, 0.717) is 6.04 Å². The molecule has 9 heavy (non-hydrogen) atoms. The second-order valence-corrected chi connectivity index (χ2v) is 2.22. The number of rotatable bonds is 2. The fourth-order valence-corrected chi connectivity index (χ4v) is 0.830. The van der Waals surface area contributed by atoms with Crippen LogP contribution in [0, 0.1) is 0 Å². The second kappa shape index (κ2) is 2.78.